The van der Waals surface area contributed by atoms with E-state index in [4.69, 9.17) is 10.3 Å². The van der Waals surface area contributed by atoms with E-state index >= 15 is 0 Å². The van der Waals surface area contributed by atoms with Gasteiger partial charge in [0.25, 0.3) is 5.89 Å². The molecular formula is C14H11BrN4O. The normalized spacial score (nSPS) is 10.7. The molecule has 0 aliphatic rings. The fourth-order valence-electron chi connectivity index (χ4n) is 1.81. The van der Waals surface area contributed by atoms with Crippen molar-refractivity contribution in [2.75, 3.05) is 5.73 Å². The quantitative estimate of drug-likeness (QED) is 0.778. The number of rotatable bonds is 2. The molecule has 1 aromatic carbocycles. The summed E-state index contributed by atoms with van der Waals surface area (Å²) in [5.41, 5.74) is 8.23. The Morgan fingerprint density at radius 3 is 2.75 bits per heavy atom. The Balaban J connectivity index is 2.02. The number of anilines is 1. The number of hydrogen-bond donors (Lipinski definition) is 1. The van der Waals surface area contributed by atoms with Crippen molar-refractivity contribution in [2.45, 2.75) is 6.92 Å². The Morgan fingerprint density at radius 2 is 2.00 bits per heavy atom. The molecule has 0 saturated heterocycles. The summed E-state index contributed by atoms with van der Waals surface area (Å²) in [7, 11) is 0. The van der Waals surface area contributed by atoms with Crippen LogP contribution in [0.1, 0.15) is 5.56 Å². The van der Waals surface area contributed by atoms with Gasteiger partial charge >= 0.3 is 0 Å². The SMILES string of the molecule is Cc1ccc(-c2noc(-c3cccc(N)n3)n2)c(Br)c1. The highest BCUT2D eigenvalue weighted by molar-refractivity contribution is 9.10. The number of nitrogens with two attached hydrogens (primary N) is 1. The minimum atomic E-state index is 0.347. The van der Waals surface area contributed by atoms with Crippen molar-refractivity contribution in [3.05, 3.63) is 46.4 Å². The van der Waals surface area contributed by atoms with E-state index in [0.717, 1.165) is 15.6 Å². The second-order valence-electron chi connectivity index (χ2n) is 4.35. The zero-order valence-electron chi connectivity index (χ0n) is 10.7. The summed E-state index contributed by atoms with van der Waals surface area (Å²) in [6.07, 6.45) is 0. The van der Waals surface area contributed by atoms with Crippen molar-refractivity contribution in [1.82, 2.24) is 15.1 Å². The fraction of sp³-hybridized carbons (Fsp3) is 0.0714. The number of aryl methyl sites for hydroxylation is 1. The lowest BCUT2D eigenvalue weighted by Crippen LogP contribution is -1.91. The molecule has 0 saturated carbocycles. The van der Waals surface area contributed by atoms with Gasteiger partial charge in [0.2, 0.25) is 5.82 Å². The van der Waals surface area contributed by atoms with E-state index in [1.165, 1.54) is 0 Å². The van der Waals surface area contributed by atoms with Crippen LogP contribution in [0, 0.1) is 6.92 Å². The summed E-state index contributed by atoms with van der Waals surface area (Å²) in [5, 5.41) is 3.99. The standard InChI is InChI=1S/C14H11BrN4O/c1-8-5-6-9(10(15)7-8)13-18-14(20-19-13)11-3-2-4-12(16)17-11/h2-7H,1H3,(H2,16,17). The molecule has 20 heavy (non-hydrogen) atoms. The summed E-state index contributed by atoms with van der Waals surface area (Å²) < 4.78 is 6.17. The lowest BCUT2D eigenvalue weighted by molar-refractivity contribution is 0.431. The molecule has 0 fully saturated rings. The van der Waals surface area contributed by atoms with E-state index in [1.54, 1.807) is 18.2 Å². The molecule has 6 heteroatoms. The first-order valence-electron chi connectivity index (χ1n) is 5.96. The average molecular weight is 331 g/mol. The molecule has 2 heterocycles. The molecule has 0 unspecified atom stereocenters. The molecule has 0 spiro atoms. The predicted molar refractivity (Wildman–Crippen MR) is 79.8 cm³/mol. The lowest BCUT2D eigenvalue weighted by atomic mass is 10.1. The fourth-order valence-corrected chi connectivity index (χ4v) is 2.48. The zero-order chi connectivity index (χ0) is 14.1. The first kappa shape index (κ1) is 12.8. The van der Waals surface area contributed by atoms with Crippen LogP contribution >= 0.6 is 15.9 Å². The highest BCUT2D eigenvalue weighted by atomic mass is 79.9. The van der Waals surface area contributed by atoms with Gasteiger partial charge < -0.3 is 10.3 Å². The van der Waals surface area contributed by atoms with E-state index in [0.29, 0.717) is 23.2 Å². The van der Waals surface area contributed by atoms with Gasteiger partial charge in [-0.15, -0.1) is 0 Å². The smallest absolute Gasteiger partial charge is 0.276 e. The monoisotopic (exact) mass is 330 g/mol. The third-order valence-electron chi connectivity index (χ3n) is 2.78. The highest BCUT2D eigenvalue weighted by Crippen LogP contribution is 2.28. The van der Waals surface area contributed by atoms with Gasteiger partial charge in [-0.05, 0) is 36.8 Å². The van der Waals surface area contributed by atoms with Crippen molar-refractivity contribution < 1.29 is 4.52 Å². The van der Waals surface area contributed by atoms with Crippen LogP contribution in [-0.4, -0.2) is 15.1 Å². The summed E-state index contributed by atoms with van der Waals surface area (Å²) in [6.45, 7) is 2.02. The van der Waals surface area contributed by atoms with Gasteiger partial charge in [-0.2, -0.15) is 4.98 Å². The first-order chi connectivity index (χ1) is 9.63. The Kier molecular flexibility index (Phi) is 3.23. The van der Waals surface area contributed by atoms with Crippen LogP contribution in [0.2, 0.25) is 0 Å². The van der Waals surface area contributed by atoms with Crippen molar-refractivity contribution in [1.29, 1.82) is 0 Å². The van der Waals surface area contributed by atoms with Gasteiger partial charge in [0.05, 0.1) is 0 Å². The molecule has 5 nitrogen and oxygen atoms in total. The molecule has 3 aromatic rings. The van der Waals surface area contributed by atoms with E-state index in [9.17, 15) is 0 Å². The Labute approximate surface area is 124 Å². The predicted octanol–water partition coefficient (Wildman–Crippen LogP) is 3.45. The van der Waals surface area contributed by atoms with Crippen LogP contribution in [0.5, 0.6) is 0 Å². The Morgan fingerprint density at radius 1 is 1.15 bits per heavy atom. The van der Waals surface area contributed by atoms with Gasteiger partial charge in [-0.3, -0.25) is 0 Å². The molecule has 2 N–H and O–H groups in total. The topological polar surface area (TPSA) is 77.8 Å². The summed E-state index contributed by atoms with van der Waals surface area (Å²) >= 11 is 3.50. The number of benzene rings is 1. The Bertz CT molecular complexity index is 769. The van der Waals surface area contributed by atoms with Crippen molar-refractivity contribution in [3.63, 3.8) is 0 Å². The van der Waals surface area contributed by atoms with Crippen LogP contribution in [0.15, 0.2) is 45.4 Å². The number of hydrogen-bond acceptors (Lipinski definition) is 5. The van der Waals surface area contributed by atoms with E-state index < -0.39 is 0 Å². The highest BCUT2D eigenvalue weighted by Gasteiger charge is 2.13. The average Bonchev–Trinajstić information content (AvgIpc) is 2.88. The summed E-state index contributed by atoms with van der Waals surface area (Å²) in [5.74, 6) is 1.27. The van der Waals surface area contributed by atoms with Gasteiger partial charge in [0, 0.05) is 10.0 Å². The minimum absolute atomic E-state index is 0.347. The van der Waals surface area contributed by atoms with Crippen LogP contribution in [-0.2, 0) is 0 Å². The largest absolute Gasteiger partial charge is 0.384 e. The summed E-state index contributed by atoms with van der Waals surface area (Å²) in [4.78, 5) is 8.51. The van der Waals surface area contributed by atoms with Gasteiger partial charge in [0.15, 0.2) is 0 Å². The molecule has 0 aliphatic carbocycles. The van der Waals surface area contributed by atoms with Gasteiger partial charge in [0.1, 0.15) is 11.5 Å². The van der Waals surface area contributed by atoms with E-state index in [2.05, 4.69) is 31.1 Å². The number of aromatic nitrogens is 3. The molecule has 100 valence electrons. The van der Waals surface area contributed by atoms with Gasteiger partial charge in [-0.25, -0.2) is 4.98 Å². The summed E-state index contributed by atoms with van der Waals surface area (Å²) in [6, 6.07) is 11.2. The molecule has 2 aromatic heterocycles. The molecule has 0 radical (unpaired) electrons. The van der Waals surface area contributed by atoms with Gasteiger partial charge in [-0.1, -0.05) is 33.2 Å². The minimum Gasteiger partial charge on any atom is -0.384 e. The molecule has 0 bridgehead atoms. The molecule has 0 amide bonds. The second kappa shape index (κ2) is 5.05. The van der Waals surface area contributed by atoms with Crippen molar-refractivity contribution in [3.8, 4) is 23.0 Å². The number of nitrogen functional groups attached to an aromatic ring is 1. The second-order valence-corrected chi connectivity index (χ2v) is 5.21. The van der Waals surface area contributed by atoms with E-state index in [-0.39, 0.29) is 0 Å². The molecule has 3 rings (SSSR count). The molecule has 0 atom stereocenters. The number of halogens is 1. The maximum absolute atomic E-state index is 5.65. The maximum atomic E-state index is 5.65. The van der Waals surface area contributed by atoms with Crippen LogP contribution < -0.4 is 5.73 Å². The van der Waals surface area contributed by atoms with E-state index in [1.807, 2.05) is 25.1 Å². The lowest BCUT2D eigenvalue weighted by Gasteiger charge is -1.99. The van der Waals surface area contributed by atoms with Crippen molar-refractivity contribution in [2.24, 2.45) is 0 Å². The van der Waals surface area contributed by atoms with Crippen LogP contribution in [0.3, 0.4) is 0 Å². The third-order valence-corrected chi connectivity index (χ3v) is 3.44. The maximum Gasteiger partial charge on any atom is 0.276 e. The molecular weight excluding hydrogens is 320 g/mol. The number of pyridine rings is 1. The number of nitrogens with zero attached hydrogens (tertiary/aromatic N) is 3. The Hall–Kier alpha value is -2.21. The zero-order valence-corrected chi connectivity index (χ0v) is 12.3. The molecule has 0 aliphatic heterocycles. The first-order valence-corrected chi connectivity index (χ1v) is 6.76. The van der Waals surface area contributed by atoms with Crippen LogP contribution in [0.25, 0.3) is 23.0 Å². The third kappa shape index (κ3) is 2.42. The van der Waals surface area contributed by atoms with Crippen molar-refractivity contribution >= 4 is 21.7 Å². The van der Waals surface area contributed by atoms with Crippen LogP contribution in [0.4, 0.5) is 5.82 Å².